The van der Waals surface area contributed by atoms with E-state index in [1.54, 1.807) is 0 Å². The zero-order valence-corrected chi connectivity index (χ0v) is 4.47. The molecule has 0 saturated heterocycles. The highest BCUT2D eigenvalue weighted by atomic mass is 16.7. The monoisotopic (exact) mass is 103 g/mol. The number of rotatable bonds is 3. The Morgan fingerprint density at radius 2 is 2.29 bits per heavy atom. The van der Waals surface area contributed by atoms with Gasteiger partial charge in [-0.05, 0) is 13.8 Å². The Labute approximate surface area is 42.6 Å². The maximum Gasteiger partial charge on any atom is 0.230 e. The predicted molar refractivity (Wildman–Crippen MR) is 25.4 cm³/mol. The molecule has 3 nitrogen and oxygen atoms in total. The summed E-state index contributed by atoms with van der Waals surface area (Å²) in [7, 11) is 0. The number of nitrogens with one attached hydrogen (secondary N) is 1. The third kappa shape index (κ3) is 5.43. The van der Waals surface area contributed by atoms with E-state index in [-0.39, 0.29) is 6.10 Å². The fourth-order valence-electron chi connectivity index (χ4n) is 0.164. The molecule has 0 atom stereocenters. The van der Waals surface area contributed by atoms with Gasteiger partial charge in [0.15, 0.2) is 0 Å². The highest BCUT2D eigenvalue weighted by Gasteiger charge is 1.86. The lowest BCUT2D eigenvalue weighted by Crippen LogP contribution is -2.16. The number of amides is 1. The average molecular weight is 103 g/mol. The van der Waals surface area contributed by atoms with Crippen LogP contribution in [0.15, 0.2) is 0 Å². The van der Waals surface area contributed by atoms with Gasteiger partial charge in [0.25, 0.3) is 0 Å². The van der Waals surface area contributed by atoms with Crippen LogP contribution in [-0.2, 0) is 9.63 Å². The molecule has 42 valence electrons. The topological polar surface area (TPSA) is 38.3 Å². The molecular weight excluding hydrogens is 94.0 g/mol. The second kappa shape index (κ2) is 3.61. The van der Waals surface area contributed by atoms with Crippen molar-refractivity contribution in [3.05, 3.63) is 0 Å². The van der Waals surface area contributed by atoms with Crippen LogP contribution in [0.1, 0.15) is 13.8 Å². The van der Waals surface area contributed by atoms with Gasteiger partial charge in [0.2, 0.25) is 6.41 Å². The van der Waals surface area contributed by atoms with Crippen LogP contribution in [-0.4, -0.2) is 12.5 Å². The molecule has 0 unspecified atom stereocenters. The largest absolute Gasteiger partial charge is 0.277 e. The van der Waals surface area contributed by atoms with E-state index in [4.69, 9.17) is 0 Å². The van der Waals surface area contributed by atoms with Crippen molar-refractivity contribution in [2.24, 2.45) is 0 Å². The first kappa shape index (κ1) is 6.43. The summed E-state index contributed by atoms with van der Waals surface area (Å²) >= 11 is 0. The van der Waals surface area contributed by atoms with Crippen LogP contribution in [0.5, 0.6) is 0 Å². The molecule has 0 aromatic heterocycles. The van der Waals surface area contributed by atoms with Gasteiger partial charge in [-0.1, -0.05) is 0 Å². The molecule has 0 radical (unpaired) electrons. The second-order valence-electron chi connectivity index (χ2n) is 1.40. The van der Waals surface area contributed by atoms with Crippen LogP contribution in [0.3, 0.4) is 0 Å². The summed E-state index contributed by atoms with van der Waals surface area (Å²) in [6.07, 6.45) is 0.560. The van der Waals surface area contributed by atoms with Crippen LogP contribution in [0, 0.1) is 0 Å². The van der Waals surface area contributed by atoms with Gasteiger partial charge in [0, 0.05) is 0 Å². The summed E-state index contributed by atoms with van der Waals surface area (Å²) in [5.41, 5.74) is 2.07. The van der Waals surface area contributed by atoms with Crippen LogP contribution in [0.4, 0.5) is 0 Å². The SMILES string of the molecule is CC(C)ONC=O. The van der Waals surface area contributed by atoms with Crippen molar-refractivity contribution in [3.8, 4) is 0 Å². The molecule has 0 aliphatic heterocycles. The van der Waals surface area contributed by atoms with E-state index < -0.39 is 0 Å². The highest BCUT2D eigenvalue weighted by molar-refractivity contribution is 5.43. The first-order chi connectivity index (χ1) is 3.27. The van der Waals surface area contributed by atoms with Gasteiger partial charge in [-0.25, -0.2) is 5.48 Å². The molecule has 0 aliphatic rings. The number of hydrogen-bond acceptors (Lipinski definition) is 2. The lowest BCUT2D eigenvalue weighted by atomic mass is 10.5. The summed E-state index contributed by atoms with van der Waals surface area (Å²) < 4.78 is 0. The van der Waals surface area contributed by atoms with E-state index in [1.807, 2.05) is 13.8 Å². The lowest BCUT2D eigenvalue weighted by Gasteiger charge is -2.00. The molecule has 0 aromatic rings. The summed E-state index contributed by atoms with van der Waals surface area (Å²) in [6, 6.07) is 0. The van der Waals surface area contributed by atoms with Gasteiger partial charge < -0.3 is 0 Å². The Kier molecular flexibility index (Phi) is 3.32. The minimum absolute atomic E-state index is 0.0604. The van der Waals surface area contributed by atoms with Gasteiger partial charge in [-0.15, -0.1) is 0 Å². The van der Waals surface area contributed by atoms with Crippen LogP contribution in [0.2, 0.25) is 0 Å². The van der Waals surface area contributed by atoms with Gasteiger partial charge in [0.05, 0.1) is 6.10 Å². The molecule has 1 N–H and O–H groups in total. The van der Waals surface area contributed by atoms with Crippen molar-refractivity contribution in [1.82, 2.24) is 5.48 Å². The van der Waals surface area contributed by atoms with E-state index in [2.05, 4.69) is 10.3 Å². The maximum absolute atomic E-state index is 9.47. The molecule has 0 aromatic carbocycles. The normalized spacial score (nSPS) is 9.00. The molecule has 0 bridgehead atoms. The maximum atomic E-state index is 9.47. The molecular formula is C4H9NO2. The van der Waals surface area contributed by atoms with E-state index in [9.17, 15) is 4.79 Å². The third-order valence-electron chi connectivity index (χ3n) is 0.352. The summed E-state index contributed by atoms with van der Waals surface area (Å²) in [4.78, 5) is 14.0. The van der Waals surface area contributed by atoms with Gasteiger partial charge in [0.1, 0.15) is 0 Å². The zero-order valence-electron chi connectivity index (χ0n) is 4.47. The van der Waals surface area contributed by atoms with Gasteiger partial charge in [-0.3, -0.25) is 9.63 Å². The molecule has 0 fully saturated rings. The van der Waals surface area contributed by atoms with E-state index in [1.165, 1.54) is 0 Å². The third-order valence-corrected chi connectivity index (χ3v) is 0.352. The molecule has 0 aliphatic carbocycles. The minimum Gasteiger partial charge on any atom is -0.277 e. The lowest BCUT2D eigenvalue weighted by molar-refractivity contribution is -0.123. The van der Waals surface area contributed by atoms with E-state index >= 15 is 0 Å². The zero-order chi connectivity index (χ0) is 5.70. The molecule has 0 saturated carbocycles. The van der Waals surface area contributed by atoms with Crippen LogP contribution >= 0.6 is 0 Å². The van der Waals surface area contributed by atoms with Crippen molar-refractivity contribution in [2.45, 2.75) is 20.0 Å². The Morgan fingerprint density at radius 1 is 1.71 bits per heavy atom. The van der Waals surface area contributed by atoms with Crippen molar-refractivity contribution in [1.29, 1.82) is 0 Å². The Hall–Kier alpha value is -0.570. The first-order valence-corrected chi connectivity index (χ1v) is 2.12. The second-order valence-corrected chi connectivity index (χ2v) is 1.40. The average Bonchev–Trinajstić information content (AvgIpc) is 1.61. The standard InChI is InChI=1S/C4H9NO2/c1-4(2)7-5-3-6/h3-4H,1-2H3,(H,5,6). The molecule has 0 rings (SSSR count). The fourth-order valence-corrected chi connectivity index (χ4v) is 0.164. The molecule has 0 heterocycles. The Balaban J connectivity index is 2.81. The summed E-state index contributed by atoms with van der Waals surface area (Å²) in [5, 5.41) is 0. The van der Waals surface area contributed by atoms with Crippen molar-refractivity contribution in [2.75, 3.05) is 0 Å². The van der Waals surface area contributed by atoms with E-state index in [0.29, 0.717) is 6.41 Å². The Bertz CT molecular complexity index is 53.7. The number of carbonyl (C=O) groups is 1. The van der Waals surface area contributed by atoms with Crippen LogP contribution < -0.4 is 5.48 Å². The van der Waals surface area contributed by atoms with Gasteiger partial charge >= 0.3 is 0 Å². The van der Waals surface area contributed by atoms with Crippen molar-refractivity contribution >= 4 is 6.41 Å². The van der Waals surface area contributed by atoms with Gasteiger partial charge in [-0.2, -0.15) is 0 Å². The summed E-state index contributed by atoms with van der Waals surface area (Å²) in [6.45, 7) is 3.66. The molecule has 1 amide bonds. The molecule has 7 heavy (non-hydrogen) atoms. The van der Waals surface area contributed by atoms with E-state index in [0.717, 1.165) is 0 Å². The summed E-state index contributed by atoms with van der Waals surface area (Å²) in [5.74, 6) is 0. The quantitative estimate of drug-likeness (QED) is 0.405. The predicted octanol–water partition coefficient (Wildman–Crippen LogP) is 0.0724. The highest BCUT2D eigenvalue weighted by Crippen LogP contribution is 1.78. The number of hydrogen-bond donors (Lipinski definition) is 1. The first-order valence-electron chi connectivity index (χ1n) is 2.12. The molecule has 0 spiro atoms. The molecule has 3 heteroatoms. The van der Waals surface area contributed by atoms with Crippen molar-refractivity contribution in [3.63, 3.8) is 0 Å². The Morgan fingerprint density at radius 3 is 2.43 bits per heavy atom. The smallest absolute Gasteiger partial charge is 0.230 e. The minimum atomic E-state index is 0.0604. The van der Waals surface area contributed by atoms with Crippen molar-refractivity contribution < 1.29 is 9.63 Å². The number of carbonyl (C=O) groups excluding carboxylic acids is 1. The number of hydroxylamine groups is 1. The van der Waals surface area contributed by atoms with Crippen LogP contribution in [0.25, 0.3) is 0 Å². The fraction of sp³-hybridized carbons (Fsp3) is 0.750.